The largest absolute Gasteiger partial charge is 0.778 e. The Labute approximate surface area is 507 Å². The molecule has 1 aliphatic rings. The molecule has 2 heterocycles. The van der Waals surface area contributed by atoms with Crippen molar-refractivity contribution in [1.29, 1.82) is 0 Å². The molecule has 0 fully saturated rings. The molecule has 0 aliphatic carbocycles. The van der Waals surface area contributed by atoms with Crippen LogP contribution in [-0.4, -0.2) is 134 Å². The standard InChI is InChI=1S/C15H22ClNO2.C12H9ClN2O3.C11H11Cl2NO2.C9H16ClN5.C3H8NO5P.C3H9S/c1-5-13-8-6-7-11(2)15(13)17(14(18)9-16)12(3)10-19-4;13-11-10(18-8-4-2-1-3-5-8)7-6-9(12(11)14)15(16)17;1-7-6-16-9-5-3-2-4-8(9)14(7)11(15)10(12)13;1-5-11-7-12-6(10)13-8(14-7)15-9(2,3)4;5-3(6)1-4-2-10(7,8)9;1-4(2)3/h6-8,12H,5,9-10H2,1-4H3;1-7H,14H2;2-5,7,10H,6H2,1H3;5H2,1-4H3,(H2,11,12,13,14,15);4H,1-2H2,(H,5,6)(H2,7,8,9);1-3H3/q;;;;;+1/p-1. The molecule has 5 aromatic rings. The smallest absolute Gasteiger partial charge is 0.317 e. The maximum Gasteiger partial charge on any atom is 0.317 e. The number of carboxylic acid groups (broad SMARTS) is 1. The number of carbonyl (C=O) groups is 3. The number of rotatable bonds is 17. The lowest BCUT2D eigenvalue weighted by Crippen LogP contribution is -2.47. The fourth-order valence-electron chi connectivity index (χ4n) is 6.76. The zero-order valence-corrected chi connectivity index (χ0v) is 53.2. The minimum Gasteiger partial charge on any atom is -0.778 e. The third kappa shape index (κ3) is 28.2. The van der Waals surface area contributed by atoms with Crippen LogP contribution in [0.3, 0.4) is 0 Å². The molecule has 29 heteroatoms. The number of hydrogen-bond donors (Lipinski definition) is 6. The van der Waals surface area contributed by atoms with Crippen LogP contribution >= 0.6 is 65.6 Å². The Kier molecular flexibility index (Phi) is 34.3. The highest BCUT2D eigenvalue weighted by molar-refractivity contribution is 7.94. The molecular formula is C53H74Cl5N10O12PS. The van der Waals surface area contributed by atoms with Crippen molar-refractivity contribution >= 4 is 129 Å². The molecule has 1 aliphatic heterocycles. The summed E-state index contributed by atoms with van der Waals surface area (Å²) < 4.78 is 26.1. The Balaban J connectivity index is 0.000000510. The number of methoxy groups -OCH3 is 1. The number of alkyl halides is 3. The van der Waals surface area contributed by atoms with E-state index in [0.717, 1.165) is 35.5 Å². The lowest BCUT2D eigenvalue weighted by Gasteiger charge is -2.35. The quantitative estimate of drug-likeness (QED) is 0.0126. The van der Waals surface area contributed by atoms with Crippen molar-refractivity contribution in [3.05, 3.63) is 116 Å². The van der Waals surface area contributed by atoms with Gasteiger partial charge in [0.05, 0.1) is 66.6 Å². The summed E-state index contributed by atoms with van der Waals surface area (Å²) in [5.74, 6) is 0.922. The molecule has 7 N–H and O–H groups in total. The van der Waals surface area contributed by atoms with Gasteiger partial charge in [-0.05, 0) is 119 Å². The molecular weight excluding hydrogens is 1210 g/mol. The number of fused-ring (bicyclic) bond motifs is 1. The summed E-state index contributed by atoms with van der Waals surface area (Å²) >= 11 is 28.7. The molecule has 0 saturated carbocycles. The lowest BCUT2D eigenvalue weighted by molar-refractivity contribution is -0.383. The average molecular weight is 1280 g/mol. The number of nitrogens with zero attached hydrogens (tertiary/aromatic N) is 6. The Morgan fingerprint density at radius 2 is 1.59 bits per heavy atom. The number of hydrogen-bond acceptors (Lipinski definition) is 17. The molecule has 0 radical (unpaired) electrons. The fourth-order valence-corrected chi connectivity index (χ4v) is 7.85. The number of benzene rings is 4. The van der Waals surface area contributed by atoms with E-state index in [1.165, 1.54) is 12.1 Å². The number of carboxylic acids is 1. The van der Waals surface area contributed by atoms with Crippen LogP contribution in [0.4, 0.5) is 34.6 Å². The Morgan fingerprint density at radius 1 is 0.988 bits per heavy atom. The summed E-state index contributed by atoms with van der Waals surface area (Å²) in [4.78, 5) is 76.3. The molecule has 0 saturated heterocycles. The highest BCUT2D eigenvalue weighted by atomic mass is 35.5. The van der Waals surface area contributed by atoms with E-state index in [4.69, 9.17) is 87.9 Å². The topological polar surface area (TPSA) is 310 Å². The number of nitrogens with two attached hydrogens (primary N) is 1. The van der Waals surface area contributed by atoms with Gasteiger partial charge >= 0.3 is 5.97 Å². The van der Waals surface area contributed by atoms with Gasteiger partial charge in [0, 0.05) is 25.3 Å². The number of nitrogen functional groups attached to an aromatic ring is 1. The van der Waals surface area contributed by atoms with Gasteiger partial charge in [0.15, 0.2) is 4.84 Å². The van der Waals surface area contributed by atoms with Gasteiger partial charge in [0.1, 0.15) is 48.0 Å². The van der Waals surface area contributed by atoms with Gasteiger partial charge in [-0.25, -0.2) is 0 Å². The maximum absolute atomic E-state index is 12.2. The molecule has 1 aromatic heterocycles. The number of halogens is 5. The molecule has 0 bridgehead atoms. The van der Waals surface area contributed by atoms with Crippen molar-refractivity contribution in [3.8, 4) is 17.2 Å². The minimum atomic E-state index is -4.35. The number of nitro benzene ring substituents is 1. The number of anilines is 5. The minimum absolute atomic E-state index is 0.0223. The second-order valence-corrected chi connectivity index (χ2v) is 24.9. The highest BCUT2D eigenvalue weighted by Gasteiger charge is 2.32. The fraction of sp³-hybridized carbons (Fsp3) is 0.434. The normalized spacial score (nSPS) is 13.3. The van der Waals surface area contributed by atoms with Crippen LogP contribution in [0.5, 0.6) is 17.2 Å². The zero-order chi connectivity index (χ0) is 62.5. The van der Waals surface area contributed by atoms with Gasteiger partial charge in [0.2, 0.25) is 23.1 Å². The van der Waals surface area contributed by atoms with Crippen molar-refractivity contribution in [1.82, 2.24) is 20.3 Å². The van der Waals surface area contributed by atoms with Crippen molar-refractivity contribution in [3.63, 3.8) is 0 Å². The van der Waals surface area contributed by atoms with Gasteiger partial charge in [-0.1, -0.05) is 90.3 Å². The second kappa shape index (κ2) is 37.7. The molecule has 6 rings (SSSR count). The number of aryl methyl sites for hydroxylation is 2. The number of aromatic nitrogens is 3. The first-order chi connectivity index (χ1) is 38.3. The molecule has 0 spiro atoms. The van der Waals surface area contributed by atoms with Gasteiger partial charge in [-0.2, -0.15) is 15.0 Å². The number of carbonyl (C=O) groups excluding carboxylic acids is 2. The number of amides is 2. The van der Waals surface area contributed by atoms with E-state index in [1.54, 1.807) is 41.2 Å². The van der Waals surface area contributed by atoms with Crippen molar-refractivity contribution in [2.75, 3.05) is 90.5 Å². The van der Waals surface area contributed by atoms with E-state index in [0.29, 0.717) is 47.5 Å². The summed E-state index contributed by atoms with van der Waals surface area (Å²) in [6.07, 6.45) is 6.75. The van der Waals surface area contributed by atoms with Crippen LogP contribution in [0, 0.1) is 17.0 Å². The van der Waals surface area contributed by atoms with Crippen LogP contribution in [0.15, 0.2) is 84.9 Å². The van der Waals surface area contributed by atoms with Crippen LogP contribution in [-0.2, 0) is 41.0 Å². The van der Waals surface area contributed by atoms with E-state index >= 15 is 0 Å². The summed E-state index contributed by atoms with van der Waals surface area (Å²) in [5.41, 5.74) is 9.07. The van der Waals surface area contributed by atoms with E-state index in [1.807, 2.05) is 96.2 Å². The molecule has 2 amide bonds. The molecule has 3 unspecified atom stereocenters. The number of nitro groups is 1. The molecule has 454 valence electrons. The average Bonchev–Trinajstić information content (AvgIpc) is 3.60. The van der Waals surface area contributed by atoms with E-state index in [-0.39, 0.29) is 62.7 Å². The molecule has 22 nitrogen and oxygen atoms in total. The lowest BCUT2D eigenvalue weighted by atomic mass is 10.0. The van der Waals surface area contributed by atoms with Gasteiger partial charge < -0.3 is 59.8 Å². The predicted octanol–water partition coefficient (Wildman–Crippen LogP) is 10.2. The highest BCUT2D eigenvalue weighted by Crippen LogP contribution is 2.39. The summed E-state index contributed by atoms with van der Waals surface area (Å²) in [5, 5.41) is 27.0. The van der Waals surface area contributed by atoms with Crippen molar-refractivity contribution in [2.24, 2.45) is 0 Å². The Bertz CT molecular complexity index is 2840. The Hall–Kier alpha value is -5.43. The van der Waals surface area contributed by atoms with Gasteiger partial charge in [-0.15, -0.1) is 11.6 Å². The predicted molar refractivity (Wildman–Crippen MR) is 331 cm³/mol. The number of ether oxygens (including phenoxy) is 3. The third-order valence-corrected chi connectivity index (χ3v) is 11.7. The summed E-state index contributed by atoms with van der Waals surface area (Å²) in [7, 11) is -2.07. The van der Waals surface area contributed by atoms with Gasteiger partial charge in [-0.3, -0.25) is 29.8 Å². The summed E-state index contributed by atoms with van der Waals surface area (Å²) in [6, 6.07) is 24.9. The van der Waals surface area contributed by atoms with E-state index < -0.39 is 36.2 Å². The van der Waals surface area contributed by atoms with Crippen LogP contribution in [0.25, 0.3) is 0 Å². The first-order valence-electron chi connectivity index (χ1n) is 24.9. The SMILES string of the molecule is CC1COc2ccccc2N1C(=O)C(Cl)Cl.CCNc1nc(Cl)nc(NC(C)(C)C)n1.CCc1cccc(C)c1N(C(=O)CCl)C(C)COC.C[S+](C)C.Nc1c([N+](=O)[O-])ccc(Oc2ccccc2)c1Cl.O=C(O)CNCP(=O)([O-])O. The number of nitrogens with one attached hydrogen (secondary N) is 3. The molecule has 82 heavy (non-hydrogen) atoms. The second-order valence-electron chi connectivity index (χ2n) is 18.8. The zero-order valence-electron chi connectivity index (χ0n) is 47.7. The third-order valence-electron chi connectivity index (χ3n) is 9.95. The first-order valence-corrected chi connectivity index (χ1v) is 31.3. The Morgan fingerprint density at radius 3 is 2.11 bits per heavy atom. The first kappa shape index (κ1) is 74.6. The van der Waals surface area contributed by atoms with Crippen LogP contribution < -0.4 is 45.9 Å². The maximum atomic E-state index is 12.2. The van der Waals surface area contributed by atoms with E-state index in [9.17, 15) is 34.0 Å². The monoisotopic (exact) mass is 1280 g/mol. The van der Waals surface area contributed by atoms with Crippen LogP contribution in [0.2, 0.25) is 10.3 Å². The number of para-hydroxylation sites is 4. The van der Waals surface area contributed by atoms with Crippen molar-refractivity contribution in [2.45, 2.75) is 84.3 Å². The summed E-state index contributed by atoms with van der Waals surface area (Å²) in [6.45, 7) is 17.2. The van der Waals surface area contributed by atoms with Crippen molar-refractivity contribution < 1.29 is 53.0 Å². The van der Waals surface area contributed by atoms with Gasteiger partial charge in [0.25, 0.3) is 11.6 Å². The molecule has 3 atom stereocenters. The van der Waals surface area contributed by atoms with Crippen LogP contribution in [0.1, 0.15) is 59.6 Å². The van der Waals surface area contributed by atoms with E-state index in [2.05, 4.69) is 57.3 Å². The number of aliphatic carboxylic acids is 1. The molecule has 4 aromatic carbocycles.